The van der Waals surface area contributed by atoms with E-state index in [0.29, 0.717) is 0 Å². The Hall–Kier alpha value is -2.66. The summed E-state index contributed by atoms with van der Waals surface area (Å²) in [6.45, 7) is 1.89. The van der Waals surface area contributed by atoms with Gasteiger partial charge >= 0.3 is 0 Å². The molecule has 27 heavy (non-hydrogen) atoms. The van der Waals surface area contributed by atoms with Crippen LogP contribution in [0.5, 0.6) is 5.75 Å². The number of fused-ring (bicyclic) bond motifs is 1. The molecule has 1 atom stereocenters. The lowest BCUT2D eigenvalue weighted by atomic mass is 9.99. The van der Waals surface area contributed by atoms with Gasteiger partial charge in [-0.15, -0.1) is 0 Å². The lowest BCUT2D eigenvalue weighted by molar-refractivity contribution is 0.414. The molecule has 0 fully saturated rings. The molecule has 2 aromatic heterocycles. The first-order valence-corrected chi connectivity index (χ1v) is 9.63. The molecule has 1 N–H and O–H groups in total. The molecule has 0 spiro atoms. The first-order chi connectivity index (χ1) is 13.3. The molecular weight excluding hydrogens is 336 g/mol. The van der Waals surface area contributed by atoms with Crippen LogP contribution in [0, 0.1) is 0 Å². The molecule has 140 valence electrons. The predicted molar refractivity (Wildman–Crippen MR) is 106 cm³/mol. The average Bonchev–Trinajstić information content (AvgIpc) is 3.15. The number of hydrogen-bond acceptors (Lipinski definition) is 4. The molecule has 3 heterocycles. The Morgan fingerprint density at radius 3 is 2.81 bits per heavy atom. The van der Waals surface area contributed by atoms with Crippen molar-refractivity contribution in [2.24, 2.45) is 0 Å². The number of methoxy groups -OCH3 is 1. The molecule has 1 aliphatic heterocycles. The number of aromatic nitrogens is 3. The molecule has 4 rings (SSSR count). The van der Waals surface area contributed by atoms with E-state index in [1.807, 2.05) is 36.8 Å². The Morgan fingerprint density at radius 1 is 1.15 bits per heavy atom. The summed E-state index contributed by atoms with van der Waals surface area (Å²) in [5.41, 5.74) is 3.74. The summed E-state index contributed by atoms with van der Waals surface area (Å²) in [5.74, 6) is 2.11. The van der Waals surface area contributed by atoms with Crippen molar-refractivity contribution in [3.05, 3.63) is 77.6 Å². The highest BCUT2D eigenvalue weighted by molar-refractivity contribution is 5.30. The van der Waals surface area contributed by atoms with Crippen molar-refractivity contribution in [2.75, 3.05) is 7.11 Å². The predicted octanol–water partition coefficient (Wildman–Crippen LogP) is 3.70. The fraction of sp³-hybridized carbons (Fsp3) is 0.364. The average molecular weight is 362 g/mol. The highest BCUT2D eigenvalue weighted by Gasteiger charge is 2.17. The summed E-state index contributed by atoms with van der Waals surface area (Å²) in [4.78, 5) is 8.88. The zero-order chi connectivity index (χ0) is 18.5. The second-order valence-corrected chi connectivity index (χ2v) is 7.05. The van der Waals surface area contributed by atoms with Gasteiger partial charge in [0.1, 0.15) is 11.6 Å². The Bertz CT molecular complexity index is 858. The van der Waals surface area contributed by atoms with E-state index in [9.17, 15) is 0 Å². The zero-order valence-electron chi connectivity index (χ0n) is 15.8. The van der Waals surface area contributed by atoms with Crippen molar-refractivity contribution in [2.45, 2.75) is 44.8 Å². The second kappa shape index (κ2) is 8.35. The number of imidazole rings is 1. The third-order valence-corrected chi connectivity index (χ3v) is 5.26. The number of benzene rings is 1. The van der Waals surface area contributed by atoms with Gasteiger partial charge < -0.3 is 14.6 Å². The van der Waals surface area contributed by atoms with Crippen LogP contribution in [0.2, 0.25) is 0 Å². The zero-order valence-corrected chi connectivity index (χ0v) is 15.8. The first kappa shape index (κ1) is 17.7. The maximum absolute atomic E-state index is 5.31. The van der Waals surface area contributed by atoms with Crippen LogP contribution in [0.3, 0.4) is 0 Å². The molecule has 0 aliphatic carbocycles. The van der Waals surface area contributed by atoms with E-state index in [-0.39, 0.29) is 6.04 Å². The number of nitrogens with one attached hydrogen (secondary N) is 1. The summed E-state index contributed by atoms with van der Waals surface area (Å²) in [7, 11) is 1.70. The van der Waals surface area contributed by atoms with Crippen molar-refractivity contribution in [3.8, 4) is 5.75 Å². The summed E-state index contributed by atoms with van der Waals surface area (Å²) < 4.78 is 7.69. The Balaban J connectivity index is 1.52. The van der Waals surface area contributed by atoms with Crippen LogP contribution in [0.4, 0.5) is 0 Å². The van der Waals surface area contributed by atoms with E-state index >= 15 is 0 Å². The van der Waals surface area contributed by atoms with Crippen LogP contribution in [-0.2, 0) is 25.9 Å². The van der Waals surface area contributed by atoms with Gasteiger partial charge in [-0.2, -0.15) is 0 Å². The van der Waals surface area contributed by atoms with Gasteiger partial charge in [-0.05, 0) is 48.6 Å². The van der Waals surface area contributed by atoms with E-state index < -0.39 is 0 Å². The molecule has 0 bridgehead atoms. The smallest absolute Gasteiger partial charge is 0.118 e. The molecule has 1 unspecified atom stereocenters. The van der Waals surface area contributed by atoms with Crippen molar-refractivity contribution in [1.82, 2.24) is 19.9 Å². The van der Waals surface area contributed by atoms with Crippen molar-refractivity contribution < 1.29 is 4.74 Å². The number of aryl methyl sites for hydroxylation is 1. The molecule has 5 nitrogen and oxygen atoms in total. The SMILES string of the molecule is COc1ccc(C(Cc2cccnc2)NCc2cnc3n2CCCC3)cc1. The Labute approximate surface area is 160 Å². The molecule has 3 aromatic rings. The summed E-state index contributed by atoms with van der Waals surface area (Å²) in [5, 5.41) is 3.75. The largest absolute Gasteiger partial charge is 0.497 e. The van der Waals surface area contributed by atoms with Crippen LogP contribution >= 0.6 is 0 Å². The second-order valence-electron chi connectivity index (χ2n) is 7.05. The lowest BCUT2D eigenvalue weighted by Gasteiger charge is -2.21. The molecule has 0 radical (unpaired) electrons. The van der Waals surface area contributed by atoms with Gasteiger partial charge in [-0.1, -0.05) is 18.2 Å². The van der Waals surface area contributed by atoms with Crippen molar-refractivity contribution >= 4 is 0 Å². The third kappa shape index (κ3) is 4.19. The summed E-state index contributed by atoms with van der Waals surface area (Å²) in [6.07, 6.45) is 10.3. The van der Waals surface area contributed by atoms with Crippen LogP contribution in [0.1, 0.15) is 41.5 Å². The number of nitrogens with zero attached hydrogens (tertiary/aromatic N) is 3. The normalized spacial score (nSPS) is 14.6. The van der Waals surface area contributed by atoms with Gasteiger partial charge in [0, 0.05) is 44.1 Å². The molecule has 0 saturated carbocycles. The Kier molecular flexibility index (Phi) is 5.49. The van der Waals surface area contributed by atoms with Gasteiger partial charge in [0.05, 0.1) is 12.8 Å². The fourth-order valence-electron chi connectivity index (χ4n) is 3.75. The molecule has 0 saturated heterocycles. The van der Waals surface area contributed by atoms with E-state index in [0.717, 1.165) is 31.7 Å². The van der Waals surface area contributed by atoms with E-state index in [1.54, 1.807) is 7.11 Å². The van der Waals surface area contributed by atoms with Gasteiger partial charge in [0.15, 0.2) is 0 Å². The summed E-state index contributed by atoms with van der Waals surface area (Å²) >= 11 is 0. The number of rotatable bonds is 7. The van der Waals surface area contributed by atoms with Crippen molar-refractivity contribution in [3.63, 3.8) is 0 Å². The molecule has 5 heteroatoms. The van der Waals surface area contributed by atoms with Gasteiger partial charge in [-0.3, -0.25) is 4.98 Å². The lowest BCUT2D eigenvalue weighted by Crippen LogP contribution is -2.25. The highest BCUT2D eigenvalue weighted by Crippen LogP contribution is 2.23. The minimum Gasteiger partial charge on any atom is -0.497 e. The van der Waals surface area contributed by atoms with E-state index in [4.69, 9.17) is 4.74 Å². The monoisotopic (exact) mass is 362 g/mol. The van der Waals surface area contributed by atoms with Gasteiger partial charge in [0.25, 0.3) is 0 Å². The standard InChI is InChI=1S/C22H26N4O/c1-27-20-9-7-18(8-10-20)21(13-17-5-4-11-23-14-17)24-15-19-16-25-22-6-2-3-12-26(19)22/h4-5,7-11,14,16,21,24H,2-3,6,12-13,15H2,1H3. The maximum atomic E-state index is 5.31. The van der Waals surface area contributed by atoms with Crippen LogP contribution in [0.15, 0.2) is 55.0 Å². The first-order valence-electron chi connectivity index (χ1n) is 9.63. The quantitative estimate of drug-likeness (QED) is 0.696. The fourth-order valence-corrected chi connectivity index (χ4v) is 3.75. The number of hydrogen-bond donors (Lipinski definition) is 1. The minimum absolute atomic E-state index is 0.204. The van der Waals surface area contributed by atoms with Crippen molar-refractivity contribution in [1.29, 1.82) is 0 Å². The number of pyridine rings is 1. The summed E-state index contributed by atoms with van der Waals surface area (Å²) in [6, 6.07) is 12.6. The van der Waals surface area contributed by atoms with Crippen LogP contribution in [-0.4, -0.2) is 21.6 Å². The topological polar surface area (TPSA) is 52.0 Å². The van der Waals surface area contributed by atoms with Crippen LogP contribution < -0.4 is 10.1 Å². The van der Waals surface area contributed by atoms with Gasteiger partial charge in [-0.25, -0.2) is 4.98 Å². The third-order valence-electron chi connectivity index (χ3n) is 5.26. The molecule has 1 aliphatic rings. The van der Waals surface area contributed by atoms with E-state index in [2.05, 4.69) is 38.1 Å². The molecule has 0 amide bonds. The van der Waals surface area contributed by atoms with Gasteiger partial charge in [0.2, 0.25) is 0 Å². The van der Waals surface area contributed by atoms with E-state index in [1.165, 1.54) is 35.5 Å². The molecular formula is C22H26N4O. The minimum atomic E-state index is 0.204. The van der Waals surface area contributed by atoms with Crippen LogP contribution in [0.25, 0.3) is 0 Å². The molecule has 1 aromatic carbocycles. The highest BCUT2D eigenvalue weighted by atomic mass is 16.5. The maximum Gasteiger partial charge on any atom is 0.118 e. The number of ether oxygens (including phenoxy) is 1. The Morgan fingerprint density at radius 2 is 2.04 bits per heavy atom.